The van der Waals surface area contributed by atoms with Gasteiger partial charge in [-0.15, -0.1) is 11.8 Å². The van der Waals surface area contributed by atoms with E-state index < -0.39 is 0 Å². The van der Waals surface area contributed by atoms with Crippen LogP contribution in [-0.2, 0) is 11.3 Å². The van der Waals surface area contributed by atoms with Gasteiger partial charge in [0.15, 0.2) is 5.82 Å². The van der Waals surface area contributed by atoms with Crippen LogP contribution in [0.4, 0.5) is 0 Å². The largest absolute Gasteiger partial charge is 0.346 e. The van der Waals surface area contributed by atoms with Crippen LogP contribution in [0, 0.1) is 6.92 Å². The zero-order chi connectivity index (χ0) is 13.7. The van der Waals surface area contributed by atoms with Crippen molar-refractivity contribution in [3.05, 3.63) is 40.5 Å². The van der Waals surface area contributed by atoms with Gasteiger partial charge < -0.3 is 9.84 Å². The first-order valence-electron chi connectivity index (χ1n) is 5.58. The standard InChI is InChI=1S/C12H12BrN3O2S/c1-8-15-12(18-16-8)6-14-11(17)7-19-10-4-2-3-9(13)5-10/h2-5H,6-7H2,1H3,(H,14,17). The van der Waals surface area contributed by atoms with Gasteiger partial charge in [0.05, 0.1) is 12.3 Å². The molecular formula is C12H12BrN3O2S. The first-order chi connectivity index (χ1) is 9.13. The number of thioether (sulfide) groups is 1. The summed E-state index contributed by atoms with van der Waals surface area (Å²) in [5, 5.41) is 6.38. The van der Waals surface area contributed by atoms with Crippen LogP contribution in [0.25, 0.3) is 0 Å². The van der Waals surface area contributed by atoms with Gasteiger partial charge in [-0.2, -0.15) is 4.98 Å². The summed E-state index contributed by atoms with van der Waals surface area (Å²) in [7, 11) is 0. The monoisotopic (exact) mass is 341 g/mol. The van der Waals surface area contributed by atoms with Crippen molar-refractivity contribution in [2.45, 2.75) is 18.4 Å². The van der Waals surface area contributed by atoms with Crippen molar-refractivity contribution in [2.75, 3.05) is 5.75 Å². The Bertz CT molecular complexity index is 574. The number of hydrogen-bond acceptors (Lipinski definition) is 5. The van der Waals surface area contributed by atoms with Gasteiger partial charge in [-0.1, -0.05) is 27.2 Å². The maximum atomic E-state index is 11.6. The van der Waals surface area contributed by atoms with Crippen molar-refractivity contribution in [1.82, 2.24) is 15.5 Å². The Morgan fingerprint density at radius 1 is 1.53 bits per heavy atom. The van der Waals surface area contributed by atoms with E-state index in [2.05, 4.69) is 31.4 Å². The zero-order valence-corrected chi connectivity index (χ0v) is 12.6. The summed E-state index contributed by atoms with van der Waals surface area (Å²) in [6, 6.07) is 7.82. The molecule has 0 spiro atoms. The molecule has 19 heavy (non-hydrogen) atoms. The molecule has 7 heteroatoms. The van der Waals surface area contributed by atoms with E-state index >= 15 is 0 Å². The van der Waals surface area contributed by atoms with Crippen LogP contribution >= 0.6 is 27.7 Å². The smallest absolute Gasteiger partial charge is 0.246 e. The molecule has 0 aliphatic rings. The highest BCUT2D eigenvalue weighted by Crippen LogP contribution is 2.21. The van der Waals surface area contributed by atoms with Gasteiger partial charge in [0.2, 0.25) is 11.8 Å². The number of rotatable bonds is 5. The topological polar surface area (TPSA) is 68.0 Å². The molecule has 5 nitrogen and oxygen atoms in total. The average molecular weight is 342 g/mol. The molecule has 1 N–H and O–H groups in total. The predicted octanol–water partition coefficient (Wildman–Crippen LogP) is 2.55. The molecule has 0 radical (unpaired) electrons. The van der Waals surface area contributed by atoms with Crippen molar-refractivity contribution < 1.29 is 9.32 Å². The summed E-state index contributed by atoms with van der Waals surface area (Å²) in [6.07, 6.45) is 0. The van der Waals surface area contributed by atoms with Gasteiger partial charge in [0, 0.05) is 9.37 Å². The van der Waals surface area contributed by atoms with Crippen molar-refractivity contribution >= 4 is 33.6 Å². The lowest BCUT2D eigenvalue weighted by Gasteiger charge is -2.03. The fourth-order valence-corrected chi connectivity index (χ4v) is 2.68. The summed E-state index contributed by atoms with van der Waals surface area (Å²) in [6.45, 7) is 2.00. The van der Waals surface area contributed by atoms with Gasteiger partial charge in [-0.05, 0) is 25.1 Å². The Morgan fingerprint density at radius 2 is 2.37 bits per heavy atom. The first kappa shape index (κ1) is 14.1. The number of amides is 1. The number of carbonyl (C=O) groups excluding carboxylic acids is 1. The van der Waals surface area contributed by atoms with Crippen molar-refractivity contribution in [3.8, 4) is 0 Å². The van der Waals surface area contributed by atoms with Gasteiger partial charge >= 0.3 is 0 Å². The maximum absolute atomic E-state index is 11.6. The SMILES string of the molecule is Cc1noc(CNC(=O)CSc2cccc(Br)c2)n1. The highest BCUT2D eigenvalue weighted by atomic mass is 79.9. The fraction of sp³-hybridized carbons (Fsp3) is 0.250. The third kappa shape index (κ3) is 4.68. The van der Waals surface area contributed by atoms with E-state index in [0.717, 1.165) is 9.37 Å². The molecule has 1 aromatic heterocycles. The molecule has 0 aliphatic carbocycles. The quantitative estimate of drug-likeness (QED) is 0.846. The Balaban J connectivity index is 1.75. The molecule has 2 aromatic rings. The molecule has 0 bridgehead atoms. The van der Waals surface area contributed by atoms with Crippen LogP contribution in [0.2, 0.25) is 0 Å². The van der Waals surface area contributed by atoms with Gasteiger partial charge in [-0.3, -0.25) is 4.79 Å². The third-order valence-electron chi connectivity index (χ3n) is 2.17. The Labute approximate surface area is 123 Å². The van der Waals surface area contributed by atoms with Crippen LogP contribution in [0.15, 0.2) is 38.2 Å². The zero-order valence-electron chi connectivity index (χ0n) is 10.2. The molecule has 1 heterocycles. The molecule has 0 unspecified atom stereocenters. The fourth-order valence-electron chi connectivity index (χ4n) is 1.34. The second-order valence-corrected chi connectivity index (χ2v) is 5.72. The Morgan fingerprint density at radius 3 is 3.05 bits per heavy atom. The highest BCUT2D eigenvalue weighted by Gasteiger charge is 2.06. The third-order valence-corrected chi connectivity index (χ3v) is 3.66. The van der Waals surface area contributed by atoms with E-state index in [9.17, 15) is 4.79 Å². The van der Waals surface area contributed by atoms with E-state index in [1.54, 1.807) is 6.92 Å². The summed E-state index contributed by atoms with van der Waals surface area (Å²) in [4.78, 5) is 16.7. The van der Waals surface area contributed by atoms with Crippen molar-refractivity contribution in [3.63, 3.8) is 0 Å². The lowest BCUT2D eigenvalue weighted by Crippen LogP contribution is -2.24. The number of hydrogen-bond donors (Lipinski definition) is 1. The van der Waals surface area contributed by atoms with Crippen LogP contribution < -0.4 is 5.32 Å². The van der Waals surface area contributed by atoms with E-state index in [0.29, 0.717) is 17.5 Å². The molecule has 100 valence electrons. The summed E-state index contributed by atoms with van der Waals surface area (Å²) >= 11 is 4.87. The molecule has 0 saturated carbocycles. The first-order valence-corrected chi connectivity index (χ1v) is 7.35. The molecule has 2 rings (SSSR count). The number of nitrogens with zero attached hydrogens (tertiary/aromatic N) is 2. The predicted molar refractivity (Wildman–Crippen MR) is 75.7 cm³/mol. The maximum Gasteiger partial charge on any atom is 0.246 e. The minimum Gasteiger partial charge on any atom is -0.346 e. The Kier molecular flexibility index (Phi) is 4.98. The van der Waals surface area contributed by atoms with Crippen LogP contribution in [0.3, 0.4) is 0 Å². The second-order valence-electron chi connectivity index (χ2n) is 3.76. The Hall–Kier alpha value is -1.34. The van der Waals surface area contributed by atoms with E-state index in [1.165, 1.54) is 11.8 Å². The summed E-state index contributed by atoms with van der Waals surface area (Å²) in [5.41, 5.74) is 0. The van der Waals surface area contributed by atoms with Crippen LogP contribution in [0.5, 0.6) is 0 Å². The lowest BCUT2D eigenvalue weighted by molar-refractivity contribution is -0.118. The van der Waals surface area contributed by atoms with Gasteiger partial charge in [0.25, 0.3) is 0 Å². The number of carbonyl (C=O) groups is 1. The van der Waals surface area contributed by atoms with Crippen LogP contribution in [0.1, 0.15) is 11.7 Å². The molecular weight excluding hydrogens is 330 g/mol. The highest BCUT2D eigenvalue weighted by molar-refractivity contribution is 9.10. The van der Waals surface area contributed by atoms with E-state index in [4.69, 9.17) is 4.52 Å². The molecule has 1 aromatic carbocycles. The molecule has 0 fully saturated rings. The number of halogens is 1. The number of aryl methyl sites for hydroxylation is 1. The summed E-state index contributed by atoms with van der Waals surface area (Å²) < 4.78 is 5.90. The van der Waals surface area contributed by atoms with E-state index in [-0.39, 0.29) is 12.5 Å². The molecule has 0 aliphatic heterocycles. The molecule has 0 atom stereocenters. The normalized spacial score (nSPS) is 10.4. The van der Waals surface area contributed by atoms with E-state index in [1.807, 2.05) is 24.3 Å². The number of aromatic nitrogens is 2. The molecule has 1 amide bonds. The minimum absolute atomic E-state index is 0.0687. The van der Waals surface area contributed by atoms with Gasteiger partial charge in [-0.25, -0.2) is 0 Å². The van der Waals surface area contributed by atoms with Gasteiger partial charge in [0.1, 0.15) is 0 Å². The van der Waals surface area contributed by atoms with Crippen LogP contribution in [-0.4, -0.2) is 21.8 Å². The average Bonchev–Trinajstić information content (AvgIpc) is 2.80. The summed E-state index contributed by atoms with van der Waals surface area (Å²) in [5.74, 6) is 1.26. The number of benzene rings is 1. The lowest BCUT2D eigenvalue weighted by atomic mass is 10.4. The number of nitrogens with one attached hydrogen (secondary N) is 1. The van der Waals surface area contributed by atoms with Crippen molar-refractivity contribution in [2.24, 2.45) is 0 Å². The van der Waals surface area contributed by atoms with Crippen molar-refractivity contribution in [1.29, 1.82) is 0 Å². The second kappa shape index (κ2) is 6.72. The minimum atomic E-state index is -0.0687. The molecule has 0 saturated heterocycles.